The summed E-state index contributed by atoms with van der Waals surface area (Å²) < 4.78 is 7.81. The number of aromatic amines is 1. The van der Waals surface area contributed by atoms with Gasteiger partial charge in [0, 0.05) is 22.2 Å². The minimum atomic E-state index is -0.389. The number of thioether (sulfide) groups is 1. The zero-order chi connectivity index (χ0) is 17.4. The van der Waals surface area contributed by atoms with Crippen LogP contribution in [0, 0.1) is 4.77 Å². The molecule has 0 bridgehead atoms. The number of hydrogen-bond donors (Lipinski definition) is 1. The third-order valence-corrected chi connectivity index (χ3v) is 5.01. The lowest BCUT2D eigenvalue weighted by Gasteiger charge is -2.04. The highest BCUT2D eigenvalue weighted by molar-refractivity contribution is 7.98. The number of aromatic nitrogens is 2. The van der Waals surface area contributed by atoms with Crippen LogP contribution in [0.1, 0.15) is 0 Å². The lowest BCUT2D eigenvalue weighted by atomic mass is 10.1. The molecule has 124 valence electrons. The number of benzene rings is 2. The molecule has 0 radical (unpaired) electrons. The highest BCUT2D eigenvalue weighted by atomic mass is 32.2. The summed E-state index contributed by atoms with van der Waals surface area (Å²) in [6.45, 7) is 0. The Bertz CT molecular complexity index is 1190. The van der Waals surface area contributed by atoms with Gasteiger partial charge in [-0.1, -0.05) is 24.3 Å². The lowest BCUT2D eigenvalue weighted by molar-refractivity contribution is 0.563. The molecule has 4 aromatic rings. The van der Waals surface area contributed by atoms with E-state index in [1.165, 1.54) is 0 Å². The minimum absolute atomic E-state index is 0.389. The van der Waals surface area contributed by atoms with Gasteiger partial charge in [-0.05, 0) is 48.8 Å². The monoisotopic (exact) mass is 366 g/mol. The van der Waals surface area contributed by atoms with Gasteiger partial charge in [0.1, 0.15) is 5.58 Å². The maximum Gasteiger partial charge on any atom is 0.345 e. The van der Waals surface area contributed by atoms with Crippen molar-refractivity contribution in [2.24, 2.45) is 0 Å². The summed E-state index contributed by atoms with van der Waals surface area (Å²) in [6.07, 6.45) is 3.87. The second kappa shape index (κ2) is 6.38. The van der Waals surface area contributed by atoms with Crippen molar-refractivity contribution in [3.8, 4) is 16.9 Å². The molecule has 6 heteroatoms. The van der Waals surface area contributed by atoms with Crippen molar-refractivity contribution < 1.29 is 4.42 Å². The van der Waals surface area contributed by atoms with Crippen LogP contribution < -0.4 is 5.63 Å². The molecule has 0 aliphatic carbocycles. The molecular formula is C19H14N2O2S2. The van der Waals surface area contributed by atoms with E-state index in [0.29, 0.717) is 21.6 Å². The SMILES string of the molecule is CSc1cccc(-n2cc(-c3cc4ccccc4oc3=O)[nH]c2=S)c1. The van der Waals surface area contributed by atoms with Crippen LogP contribution in [0.2, 0.25) is 0 Å². The van der Waals surface area contributed by atoms with Crippen molar-refractivity contribution in [3.05, 3.63) is 76.0 Å². The van der Waals surface area contributed by atoms with Crippen molar-refractivity contribution in [1.82, 2.24) is 9.55 Å². The van der Waals surface area contributed by atoms with Crippen molar-refractivity contribution in [2.75, 3.05) is 6.26 Å². The maximum atomic E-state index is 12.4. The zero-order valence-electron chi connectivity index (χ0n) is 13.4. The number of nitrogens with one attached hydrogen (secondary N) is 1. The van der Waals surface area contributed by atoms with Crippen LogP contribution in [0.5, 0.6) is 0 Å². The molecule has 4 nitrogen and oxygen atoms in total. The van der Waals surface area contributed by atoms with Crippen LogP contribution in [-0.2, 0) is 0 Å². The molecule has 0 aliphatic heterocycles. The van der Waals surface area contributed by atoms with Crippen molar-refractivity contribution in [3.63, 3.8) is 0 Å². The summed E-state index contributed by atoms with van der Waals surface area (Å²) in [5.41, 5.74) is 2.23. The molecule has 0 aliphatic rings. The minimum Gasteiger partial charge on any atom is -0.422 e. The largest absolute Gasteiger partial charge is 0.422 e. The van der Waals surface area contributed by atoms with Gasteiger partial charge in [-0.3, -0.25) is 4.57 Å². The summed E-state index contributed by atoms with van der Waals surface area (Å²) in [7, 11) is 0. The molecule has 25 heavy (non-hydrogen) atoms. The Morgan fingerprint density at radius 2 is 1.96 bits per heavy atom. The normalized spacial score (nSPS) is 11.1. The summed E-state index contributed by atoms with van der Waals surface area (Å²) in [5, 5.41) is 0.869. The van der Waals surface area contributed by atoms with Crippen molar-refractivity contribution >= 4 is 34.9 Å². The molecule has 0 amide bonds. The Kier molecular flexibility index (Phi) is 4.07. The Labute approximate surface area is 153 Å². The number of hydrogen-bond acceptors (Lipinski definition) is 4. The first-order valence-electron chi connectivity index (χ1n) is 7.65. The topological polar surface area (TPSA) is 50.9 Å². The molecular weight excluding hydrogens is 352 g/mol. The van der Waals surface area contributed by atoms with Crippen LogP contribution in [-0.4, -0.2) is 15.8 Å². The molecule has 0 atom stereocenters. The van der Waals surface area contributed by atoms with E-state index < -0.39 is 0 Å². The Balaban J connectivity index is 1.87. The van der Waals surface area contributed by atoms with Gasteiger partial charge in [0.05, 0.1) is 11.3 Å². The van der Waals surface area contributed by atoms with Crippen molar-refractivity contribution in [2.45, 2.75) is 4.90 Å². The molecule has 2 heterocycles. The average molecular weight is 366 g/mol. The van der Waals surface area contributed by atoms with Gasteiger partial charge in [-0.25, -0.2) is 4.79 Å². The highest BCUT2D eigenvalue weighted by Gasteiger charge is 2.11. The number of imidazole rings is 1. The standard InChI is InChI=1S/C19H14N2O2S2/c1-25-14-7-4-6-13(10-14)21-11-16(20-19(21)24)15-9-12-5-2-3-8-17(12)23-18(15)22/h2-11H,1H3,(H,20,24). The van der Waals surface area contributed by atoms with Gasteiger partial charge < -0.3 is 9.40 Å². The van der Waals surface area contributed by atoms with E-state index in [1.54, 1.807) is 17.8 Å². The molecule has 1 N–H and O–H groups in total. The number of nitrogens with zero attached hydrogens (tertiary/aromatic N) is 1. The first kappa shape index (κ1) is 15.9. The van der Waals surface area contributed by atoms with E-state index in [1.807, 2.05) is 59.5 Å². The Morgan fingerprint density at radius 3 is 2.80 bits per heavy atom. The second-order valence-corrected chi connectivity index (χ2v) is 6.80. The summed E-state index contributed by atoms with van der Waals surface area (Å²) in [4.78, 5) is 16.6. The molecule has 2 aromatic carbocycles. The van der Waals surface area contributed by atoms with Gasteiger partial charge in [0.25, 0.3) is 0 Å². The Morgan fingerprint density at radius 1 is 1.12 bits per heavy atom. The van der Waals surface area contributed by atoms with Crippen LogP contribution in [0.3, 0.4) is 0 Å². The fourth-order valence-electron chi connectivity index (χ4n) is 2.73. The van der Waals surface area contributed by atoms with E-state index in [4.69, 9.17) is 16.6 Å². The number of rotatable bonds is 3. The van der Waals surface area contributed by atoms with Crippen molar-refractivity contribution in [1.29, 1.82) is 0 Å². The smallest absolute Gasteiger partial charge is 0.345 e. The molecule has 0 fully saturated rings. The fraction of sp³-hybridized carbons (Fsp3) is 0.0526. The molecule has 4 rings (SSSR count). The van der Waals surface area contributed by atoms with E-state index in [9.17, 15) is 4.79 Å². The van der Waals surface area contributed by atoms with Crippen LogP contribution in [0.15, 0.2) is 74.9 Å². The van der Waals surface area contributed by atoms with Gasteiger partial charge in [0.2, 0.25) is 0 Å². The summed E-state index contributed by atoms with van der Waals surface area (Å²) in [6, 6.07) is 17.3. The van der Waals surface area contributed by atoms with Crippen LogP contribution >= 0.6 is 24.0 Å². The van der Waals surface area contributed by atoms with Gasteiger partial charge in [-0.15, -0.1) is 11.8 Å². The first-order chi connectivity index (χ1) is 12.2. The third kappa shape index (κ3) is 2.94. The fourth-order valence-corrected chi connectivity index (χ4v) is 3.46. The van der Waals surface area contributed by atoms with E-state index in [2.05, 4.69) is 11.1 Å². The predicted octanol–water partition coefficient (Wildman–Crippen LogP) is 5.03. The van der Waals surface area contributed by atoms with Crippen LogP contribution in [0.25, 0.3) is 27.9 Å². The zero-order valence-corrected chi connectivity index (χ0v) is 15.0. The van der Waals surface area contributed by atoms with Gasteiger partial charge in [0.15, 0.2) is 4.77 Å². The van der Waals surface area contributed by atoms with E-state index >= 15 is 0 Å². The van der Waals surface area contributed by atoms with Crippen LogP contribution in [0.4, 0.5) is 0 Å². The molecule has 0 saturated heterocycles. The summed E-state index contributed by atoms with van der Waals surface area (Å²) >= 11 is 7.11. The highest BCUT2D eigenvalue weighted by Crippen LogP contribution is 2.23. The Hall–Kier alpha value is -2.57. The number of H-pyrrole nitrogens is 1. The number of fused-ring (bicyclic) bond motifs is 1. The number of para-hydroxylation sites is 1. The molecule has 2 aromatic heterocycles. The summed E-state index contributed by atoms with van der Waals surface area (Å²) in [5.74, 6) is 0. The lowest BCUT2D eigenvalue weighted by Crippen LogP contribution is -2.02. The van der Waals surface area contributed by atoms with E-state index in [0.717, 1.165) is 16.0 Å². The van der Waals surface area contributed by atoms with E-state index in [-0.39, 0.29) is 5.63 Å². The quantitative estimate of drug-likeness (QED) is 0.314. The third-order valence-electron chi connectivity index (χ3n) is 3.98. The molecule has 0 unspecified atom stereocenters. The molecule has 0 saturated carbocycles. The average Bonchev–Trinajstić information content (AvgIpc) is 3.02. The van der Waals surface area contributed by atoms with Gasteiger partial charge in [-0.2, -0.15) is 0 Å². The maximum absolute atomic E-state index is 12.4. The first-order valence-corrected chi connectivity index (χ1v) is 9.28. The second-order valence-electron chi connectivity index (χ2n) is 5.53. The predicted molar refractivity (Wildman–Crippen MR) is 104 cm³/mol. The molecule has 0 spiro atoms. The van der Waals surface area contributed by atoms with Gasteiger partial charge >= 0.3 is 5.63 Å².